The predicted octanol–water partition coefficient (Wildman–Crippen LogP) is 5.87. The number of aryl methyl sites for hydroxylation is 1. The van der Waals surface area contributed by atoms with Crippen molar-refractivity contribution in [3.63, 3.8) is 0 Å². The van der Waals surface area contributed by atoms with Gasteiger partial charge in [-0.15, -0.1) is 0 Å². The van der Waals surface area contributed by atoms with Gasteiger partial charge >= 0.3 is 0 Å². The molecule has 0 atom stereocenters. The molecule has 0 radical (unpaired) electrons. The molecular weight excluding hydrogens is 306 g/mol. The average molecular weight is 324 g/mol. The Morgan fingerprint density at radius 1 is 0.750 bits per heavy atom. The maximum atomic E-state index is 14.5. The van der Waals surface area contributed by atoms with Crippen LogP contribution in [0, 0.1) is 11.6 Å². The first-order chi connectivity index (χ1) is 11.6. The van der Waals surface area contributed by atoms with Crippen LogP contribution in [0.1, 0.15) is 12.5 Å². The van der Waals surface area contributed by atoms with E-state index < -0.39 is 11.6 Å². The van der Waals surface area contributed by atoms with E-state index in [1.807, 2.05) is 30.3 Å². The lowest BCUT2D eigenvalue weighted by atomic mass is 9.98. The van der Waals surface area contributed by atoms with E-state index in [1.54, 1.807) is 12.1 Å². The Kier molecular flexibility index (Phi) is 4.61. The van der Waals surface area contributed by atoms with E-state index in [9.17, 15) is 8.78 Å². The van der Waals surface area contributed by atoms with Crippen LogP contribution in [-0.4, -0.2) is 7.11 Å². The zero-order valence-electron chi connectivity index (χ0n) is 13.6. The first-order valence-electron chi connectivity index (χ1n) is 7.85. The number of hydrogen-bond donors (Lipinski definition) is 0. The highest BCUT2D eigenvalue weighted by Gasteiger charge is 2.12. The fourth-order valence-electron chi connectivity index (χ4n) is 2.69. The molecule has 0 heterocycles. The molecule has 3 heteroatoms. The summed E-state index contributed by atoms with van der Waals surface area (Å²) in [6, 6.07) is 17.3. The van der Waals surface area contributed by atoms with Crippen molar-refractivity contribution in [2.45, 2.75) is 13.3 Å². The van der Waals surface area contributed by atoms with Gasteiger partial charge in [-0.25, -0.2) is 8.78 Å². The average Bonchev–Trinajstić information content (AvgIpc) is 2.62. The van der Waals surface area contributed by atoms with E-state index in [0.29, 0.717) is 5.75 Å². The van der Waals surface area contributed by atoms with Crippen LogP contribution in [0.25, 0.3) is 22.3 Å². The number of ether oxygens (including phenoxy) is 1. The van der Waals surface area contributed by atoms with Crippen LogP contribution < -0.4 is 4.74 Å². The standard InChI is InChI=1S/C21H18F2O/c1-3-14-4-6-15(7-5-14)16-8-10-18(20(22)12-16)19-11-9-17(24-2)13-21(19)23/h4-13H,3H2,1-2H3. The van der Waals surface area contributed by atoms with Gasteiger partial charge < -0.3 is 4.74 Å². The number of methoxy groups -OCH3 is 1. The maximum Gasteiger partial charge on any atom is 0.134 e. The van der Waals surface area contributed by atoms with E-state index >= 15 is 0 Å². The van der Waals surface area contributed by atoms with Gasteiger partial charge in [0.05, 0.1) is 7.11 Å². The first-order valence-corrected chi connectivity index (χ1v) is 7.85. The Labute approximate surface area is 140 Å². The number of rotatable bonds is 4. The minimum Gasteiger partial charge on any atom is -0.497 e. The Balaban J connectivity index is 1.97. The van der Waals surface area contributed by atoms with E-state index in [2.05, 4.69) is 6.92 Å². The molecule has 0 amide bonds. The van der Waals surface area contributed by atoms with Crippen molar-refractivity contribution in [2.24, 2.45) is 0 Å². The minimum atomic E-state index is -0.506. The molecule has 0 aromatic heterocycles. The molecule has 1 nitrogen and oxygen atoms in total. The molecule has 0 saturated heterocycles. The molecule has 0 unspecified atom stereocenters. The van der Waals surface area contributed by atoms with Gasteiger partial charge in [-0.05, 0) is 41.3 Å². The van der Waals surface area contributed by atoms with Gasteiger partial charge in [0, 0.05) is 17.2 Å². The van der Waals surface area contributed by atoms with Crippen molar-refractivity contribution in [1.82, 2.24) is 0 Å². The lowest BCUT2D eigenvalue weighted by molar-refractivity contribution is 0.411. The van der Waals surface area contributed by atoms with Crippen LogP contribution in [0.5, 0.6) is 5.75 Å². The van der Waals surface area contributed by atoms with Gasteiger partial charge in [0.25, 0.3) is 0 Å². The molecule has 3 rings (SSSR count). The smallest absolute Gasteiger partial charge is 0.134 e. The lowest BCUT2D eigenvalue weighted by Crippen LogP contribution is -1.92. The van der Waals surface area contributed by atoms with E-state index in [4.69, 9.17) is 4.74 Å². The number of benzene rings is 3. The first kappa shape index (κ1) is 16.2. The van der Waals surface area contributed by atoms with Crippen LogP contribution in [0.3, 0.4) is 0 Å². The zero-order chi connectivity index (χ0) is 17.1. The second-order valence-electron chi connectivity index (χ2n) is 5.59. The summed E-state index contributed by atoms with van der Waals surface area (Å²) in [7, 11) is 1.47. The van der Waals surface area contributed by atoms with E-state index in [-0.39, 0.29) is 11.1 Å². The molecule has 0 aliphatic carbocycles. The molecule has 122 valence electrons. The zero-order valence-corrected chi connectivity index (χ0v) is 13.6. The van der Waals surface area contributed by atoms with Crippen molar-refractivity contribution in [3.8, 4) is 28.0 Å². The van der Waals surface area contributed by atoms with Crippen molar-refractivity contribution >= 4 is 0 Å². The van der Waals surface area contributed by atoms with E-state index in [1.165, 1.54) is 30.9 Å². The number of halogens is 2. The third kappa shape index (κ3) is 3.16. The quantitative estimate of drug-likeness (QED) is 0.583. The van der Waals surface area contributed by atoms with Gasteiger partial charge in [0.1, 0.15) is 17.4 Å². The van der Waals surface area contributed by atoms with Crippen LogP contribution in [0.15, 0.2) is 60.7 Å². The summed E-state index contributed by atoms with van der Waals surface area (Å²) in [5, 5.41) is 0. The van der Waals surface area contributed by atoms with Gasteiger partial charge in [0.2, 0.25) is 0 Å². The second kappa shape index (κ2) is 6.83. The van der Waals surface area contributed by atoms with Gasteiger partial charge in [0.15, 0.2) is 0 Å². The van der Waals surface area contributed by atoms with Gasteiger partial charge in [-0.3, -0.25) is 0 Å². The molecule has 24 heavy (non-hydrogen) atoms. The van der Waals surface area contributed by atoms with Crippen LogP contribution in [0.4, 0.5) is 8.78 Å². The summed E-state index contributed by atoms with van der Waals surface area (Å²) in [5.41, 5.74) is 3.40. The number of hydrogen-bond acceptors (Lipinski definition) is 1. The summed E-state index contributed by atoms with van der Waals surface area (Å²) in [6.45, 7) is 2.09. The molecule has 0 aliphatic heterocycles. The monoisotopic (exact) mass is 324 g/mol. The summed E-state index contributed by atoms with van der Waals surface area (Å²) in [4.78, 5) is 0. The van der Waals surface area contributed by atoms with Crippen molar-refractivity contribution < 1.29 is 13.5 Å². The fourth-order valence-corrected chi connectivity index (χ4v) is 2.69. The normalized spacial score (nSPS) is 10.7. The molecule has 0 fully saturated rings. The fraction of sp³-hybridized carbons (Fsp3) is 0.143. The topological polar surface area (TPSA) is 9.23 Å². The summed E-state index contributed by atoms with van der Waals surface area (Å²) >= 11 is 0. The van der Waals surface area contributed by atoms with E-state index in [0.717, 1.165) is 17.5 Å². The van der Waals surface area contributed by atoms with Crippen molar-refractivity contribution in [1.29, 1.82) is 0 Å². The predicted molar refractivity (Wildman–Crippen MR) is 93.2 cm³/mol. The largest absolute Gasteiger partial charge is 0.497 e. The van der Waals surface area contributed by atoms with Gasteiger partial charge in [-0.1, -0.05) is 43.3 Å². The Morgan fingerprint density at radius 2 is 1.33 bits per heavy atom. The minimum absolute atomic E-state index is 0.223. The highest BCUT2D eigenvalue weighted by Crippen LogP contribution is 2.31. The van der Waals surface area contributed by atoms with Gasteiger partial charge in [-0.2, -0.15) is 0 Å². The highest BCUT2D eigenvalue weighted by molar-refractivity contribution is 5.71. The summed E-state index contributed by atoms with van der Waals surface area (Å²) in [5.74, 6) is -0.547. The molecule has 0 saturated carbocycles. The Morgan fingerprint density at radius 3 is 1.88 bits per heavy atom. The maximum absolute atomic E-state index is 14.5. The third-order valence-corrected chi connectivity index (χ3v) is 4.13. The molecule has 0 bridgehead atoms. The molecule has 0 N–H and O–H groups in total. The van der Waals surface area contributed by atoms with Crippen LogP contribution in [0.2, 0.25) is 0 Å². The van der Waals surface area contributed by atoms with Crippen molar-refractivity contribution in [2.75, 3.05) is 7.11 Å². The highest BCUT2D eigenvalue weighted by atomic mass is 19.1. The second-order valence-corrected chi connectivity index (χ2v) is 5.59. The molecule has 0 aliphatic rings. The van der Waals surface area contributed by atoms with Crippen molar-refractivity contribution in [3.05, 3.63) is 77.9 Å². The molecule has 0 spiro atoms. The Hall–Kier alpha value is -2.68. The molecule has 3 aromatic rings. The molecular formula is C21H18F2O. The van der Waals surface area contributed by atoms with Crippen LogP contribution in [-0.2, 0) is 6.42 Å². The van der Waals surface area contributed by atoms with Crippen LogP contribution >= 0.6 is 0 Å². The third-order valence-electron chi connectivity index (χ3n) is 4.13. The lowest BCUT2D eigenvalue weighted by Gasteiger charge is -2.09. The SMILES string of the molecule is CCc1ccc(-c2ccc(-c3ccc(OC)cc3F)c(F)c2)cc1. The summed E-state index contributed by atoms with van der Waals surface area (Å²) < 4.78 is 33.7. The molecule has 3 aromatic carbocycles. The Bertz CT molecular complexity index is 854. The summed E-state index contributed by atoms with van der Waals surface area (Å²) in [6.07, 6.45) is 0.963.